The molecule has 1 aromatic carbocycles. The fraction of sp³-hybridized carbons (Fsp3) is 0.586. The normalized spacial score (nSPS) is 11.8. The molecule has 5 nitrogen and oxygen atoms in total. The molecule has 0 saturated carbocycles. The van der Waals surface area contributed by atoms with Crippen LogP contribution in [0.1, 0.15) is 110 Å². The number of nitrogens with zero attached hydrogens (tertiary/aromatic N) is 1. The first kappa shape index (κ1) is 33.1. The van der Waals surface area contributed by atoms with Gasteiger partial charge in [0.15, 0.2) is 12.6 Å². The maximum Gasteiger partial charge on any atom is 0.398 e. The van der Waals surface area contributed by atoms with Crippen LogP contribution in [0.4, 0.5) is 0 Å². The highest BCUT2D eigenvalue weighted by molar-refractivity contribution is 5.87. The summed E-state index contributed by atoms with van der Waals surface area (Å²) in [5, 5.41) is 0. The van der Waals surface area contributed by atoms with Crippen molar-refractivity contribution in [2.75, 3.05) is 6.54 Å². The highest BCUT2D eigenvalue weighted by Gasteiger charge is 2.47. The van der Waals surface area contributed by atoms with Crippen LogP contribution in [-0.4, -0.2) is 23.3 Å². The average Bonchev–Trinajstić information content (AvgIpc) is 2.82. The summed E-state index contributed by atoms with van der Waals surface area (Å²) in [6, 6.07) is 9.49. The van der Waals surface area contributed by atoms with Crippen LogP contribution < -0.4 is 17.0 Å². The van der Waals surface area contributed by atoms with Gasteiger partial charge in [0, 0.05) is 23.1 Å². The zero-order valence-electron chi connectivity index (χ0n) is 22.3. The van der Waals surface area contributed by atoms with E-state index in [4.69, 9.17) is 9.68 Å². The molecule has 0 aliphatic rings. The van der Waals surface area contributed by atoms with E-state index in [1.807, 2.05) is 37.3 Å². The number of carbonyl (C=O) groups is 2. The predicted octanol–water partition coefficient (Wildman–Crippen LogP) is 4.95. The Morgan fingerprint density at radius 2 is 1.20 bits per heavy atom. The summed E-state index contributed by atoms with van der Waals surface area (Å²) in [5.74, 6) is -1.17. The summed E-state index contributed by atoms with van der Waals surface area (Å²) < 4.78 is 0. The van der Waals surface area contributed by atoms with Crippen LogP contribution in [0.2, 0.25) is 0 Å². The lowest BCUT2D eigenvalue weighted by molar-refractivity contribution is -1.24. The Labute approximate surface area is 223 Å². The smallest absolute Gasteiger partial charge is 0.398 e. The Morgan fingerprint density at radius 3 is 1.60 bits per heavy atom. The first-order valence-corrected chi connectivity index (χ1v) is 13.0. The molecular formula is C29H46BrNO4. The second-order valence-corrected chi connectivity index (χ2v) is 9.26. The van der Waals surface area contributed by atoms with Crippen LogP contribution in [0.5, 0.6) is 0 Å². The van der Waals surface area contributed by atoms with Crippen molar-refractivity contribution in [2.24, 2.45) is 0 Å². The molecule has 35 heavy (non-hydrogen) atoms. The molecule has 0 aliphatic carbocycles. The first-order valence-electron chi connectivity index (χ1n) is 13.0. The summed E-state index contributed by atoms with van der Waals surface area (Å²) in [7, 11) is 0. The summed E-state index contributed by atoms with van der Waals surface area (Å²) >= 11 is 0. The van der Waals surface area contributed by atoms with Gasteiger partial charge in [-0.1, -0.05) is 108 Å². The summed E-state index contributed by atoms with van der Waals surface area (Å²) in [6.45, 7) is 15.0. The number of halogens is 1. The van der Waals surface area contributed by atoms with Gasteiger partial charge in [0.2, 0.25) is 0 Å². The van der Waals surface area contributed by atoms with Gasteiger partial charge >= 0.3 is 11.9 Å². The van der Waals surface area contributed by atoms with E-state index in [2.05, 4.69) is 20.1 Å². The Bertz CT molecular complexity index is 750. The number of benzene rings is 1. The van der Waals surface area contributed by atoms with Gasteiger partial charge in [0.05, 0.1) is 4.81 Å². The Balaban J connectivity index is 0.0000116. The van der Waals surface area contributed by atoms with E-state index in [0.29, 0.717) is 0 Å². The van der Waals surface area contributed by atoms with Crippen LogP contribution >= 0.6 is 0 Å². The molecule has 1 unspecified atom stereocenters. The van der Waals surface area contributed by atoms with Crippen molar-refractivity contribution >= 4 is 11.9 Å². The van der Waals surface area contributed by atoms with Gasteiger partial charge in [0.1, 0.15) is 0 Å². The van der Waals surface area contributed by atoms with Crippen LogP contribution in [0, 0.1) is 0 Å². The van der Waals surface area contributed by atoms with Crippen LogP contribution in [0.15, 0.2) is 54.6 Å². The third-order valence-corrected chi connectivity index (χ3v) is 6.10. The van der Waals surface area contributed by atoms with Crippen LogP contribution in [0.25, 0.3) is 0 Å². The number of hydrogen-bond donors (Lipinski definition) is 0. The topological polar surface area (TPSA) is 52.6 Å². The largest absolute Gasteiger partial charge is 1.00 e. The second-order valence-electron chi connectivity index (χ2n) is 9.26. The Kier molecular flexibility index (Phi) is 17.4. The fourth-order valence-electron chi connectivity index (χ4n) is 4.02. The molecule has 0 heterocycles. The molecule has 0 amide bonds. The van der Waals surface area contributed by atoms with Crippen molar-refractivity contribution in [2.45, 2.75) is 104 Å². The quantitative estimate of drug-likeness (QED) is 0.112. The van der Waals surface area contributed by atoms with E-state index in [-0.39, 0.29) is 40.7 Å². The van der Waals surface area contributed by atoms with Crippen molar-refractivity contribution < 1.29 is 41.1 Å². The summed E-state index contributed by atoms with van der Waals surface area (Å²) in [4.78, 5) is 36.3. The van der Waals surface area contributed by atoms with Gasteiger partial charge in [-0.15, -0.1) is 0 Å². The van der Waals surface area contributed by atoms with Gasteiger partial charge in [-0.25, -0.2) is 19.3 Å². The molecule has 0 saturated heterocycles. The van der Waals surface area contributed by atoms with Gasteiger partial charge in [-0.2, -0.15) is 0 Å². The first-order chi connectivity index (χ1) is 16.3. The number of rotatable bonds is 18. The maximum atomic E-state index is 12.6. The van der Waals surface area contributed by atoms with Crippen molar-refractivity contribution in [3.63, 3.8) is 0 Å². The van der Waals surface area contributed by atoms with Crippen LogP contribution in [0.3, 0.4) is 0 Å². The van der Waals surface area contributed by atoms with E-state index in [1.165, 1.54) is 51.4 Å². The van der Waals surface area contributed by atoms with Crippen molar-refractivity contribution in [1.82, 2.24) is 0 Å². The van der Waals surface area contributed by atoms with E-state index in [0.717, 1.165) is 24.8 Å². The zero-order chi connectivity index (χ0) is 25.4. The lowest BCUT2D eigenvalue weighted by Gasteiger charge is -2.36. The van der Waals surface area contributed by atoms with Gasteiger partial charge in [-0.05, 0) is 27.2 Å². The summed E-state index contributed by atoms with van der Waals surface area (Å²) in [6.07, 6.45) is 13.1. The Morgan fingerprint density at radius 1 is 0.771 bits per heavy atom. The standard InChI is InChI=1S/C29H46NO4.BrH/c1-7-9-10-11-12-13-14-15-16-20-23-27(26-21-18-17-19-22-26)30(8-2,33-28(31)24(3)4)34-29(32)25(5)6;/h17-19,21-22,27H,3,5,7-16,20,23H2,1-2,4,6H3;1H/q+1;/p-1. The number of carbonyl (C=O) groups excluding carboxylic acids is 2. The number of unbranched alkanes of at least 4 members (excludes halogenated alkanes) is 9. The molecule has 6 heteroatoms. The monoisotopic (exact) mass is 551 g/mol. The predicted molar refractivity (Wildman–Crippen MR) is 138 cm³/mol. The van der Waals surface area contributed by atoms with E-state index < -0.39 is 16.7 Å². The van der Waals surface area contributed by atoms with Gasteiger partial charge in [-0.3, -0.25) is 0 Å². The fourth-order valence-corrected chi connectivity index (χ4v) is 4.02. The molecule has 0 N–H and O–H groups in total. The van der Waals surface area contributed by atoms with E-state index in [1.54, 1.807) is 13.8 Å². The minimum atomic E-state index is -0.583. The molecule has 0 bridgehead atoms. The molecule has 0 aliphatic heterocycles. The highest BCUT2D eigenvalue weighted by Crippen LogP contribution is 2.36. The molecule has 0 aromatic heterocycles. The second kappa shape index (κ2) is 18.4. The van der Waals surface area contributed by atoms with Crippen LogP contribution in [-0.2, 0) is 19.3 Å². The van der Waals surface area contributed by atoms with Crippen molar-refractivity contribution in [1.29, 1.82) is 0 Å². The molecule has 1 atom stereocenters. The molecule has 1 rings (SSSR count). The van der Waals surface area contributed by atoms with Crippen molar-refractivity contribution in [3.8, 4) is 0 Å². The number of hydrogen-bond acceptors (Lipinski definition) is 4. The molecule has 1 aromatic rings. The molecule has 0 fully saturated rings. The average molecular weight is 553 g/mol. The Hall–Kier alpha value is -1.92. The number of quaternary nitrogens is 1. The third kappa shape index (κ3) is 12.0. The molecule has 0 radical (unpaired) electrons. The lowest BCUT2D eigenvalue weighted by atomic mass is 9.98. The van der Waals surface area contributed by atoms with Gasteiger partial charge in [0.25, 0.3) is 0 Å². The molecule has 198 valence electrons. The lowest BCUT2D eigenvalue weighted by Crippen LogP contribution is -3.00. The van der Waals surface area contributed by atoms with E-state index in [9.17, 15) is 9.59 Å². The SMILES string of the molecule is C=C(C)C(=O)O[N+](CC)(OC(=O)C(=C)C)C(CCCCCCCCCCCC)c1ccccc1.[Br-]. The zero-order valence-corrected chi connectivity index (χ0v) is 23.9. The third-order valence-electron chi connectivity index (χ3n) is 6.10. The van der Waals surface area contributed by atoms with E-state index >= 15 is 0 Å². The van der Waals surface area contributed by atoms with Gasteiger partial charge < -0.3 is 17.0 Å². The van der Waals surface area contributed by atoms with Crippen molar-refractivity contribution in [3.05, 3.63) is 60.2 Å². The minimum Gasteiger partial charge on any atom is -1.00 e. The number of hydroxylamine groups is 4. The summed E-state index contributed by atoms with van der Waals surface area (Å²) in [5.41, 5.74) is 1.48. The maximum absolute atomic E-state index is 12.6. The minimum absolute atomic E-state index is 0. The molecular weight excluding hydrogens is 506 g/mol. The highest BCUT2D eigenvalue weighted by atomic mass is 79.9. The molecule has 0 spiro atoms.